The van der Waals surface area contributed by atoms with Gasteiger partial charge in [0.1, 0.15) is 0 Å². The van der Waals surface area contributed by atoms with Crippen molar-refractivity contribution in [1.82, 2.24) is 10.4 Å². The Hall–Kier alpha value is -2.08. The zero-order chi connectivity index (χ0) is 19.3. The van der Waals surface area contributed by atoms with Crippen LogP contribution in [0.5, 0.6) is 0 Å². The lowest BCUT2D eigenvalue weighted by Gasteiger charge is -2.31. The summed E-state index contributed by atoms with van der Waals surface area (Å²) < 4.78 is 42.3. The Morgan fingerprint density at radius 3 is 2.12 bits per heavy atom. The molecule has 0 bridgehead atoms. The standard InChI is InChI=1S/C20H23F3N2O/c1-12(2)14-9-5-7-13-8-6-10-15(16(13)14)17(20(21,22)23)25-11-19(3,4)18(26)24-25/h5-10,12,17H,11H2,1-4H3,(H,24,26)/t17-/m0/s1. The number of amides is 1. The van der Waals surface area contributed by atoms with Crippen molar-refractivity contribution in [3.05, 3.63) is 47.5 Å². The molecular formula is C20H23F3N2O. The number of rotatable bonds is 3. The van der Waals surface area contributed by atoms with E-state index in [-0.39, 0.29) is 18.0 Å². The Balaban J connectivity index is 2.22. The Morgan fingerprint density at radius 1 is 1.08 bits per heavy atom. The zero-order valence-corrected chi connectivity index (χ0v) is 15.3. The molecule has 1 saturated heterocycles. The van der Waals surface area contributed by atoms with E-state index < -0.39 is 23.5 Å². The molecule has 140 valence electrons. The van der Waals surface area contributed by atoms with E-state index in [1.165, 1.54) is 6.07 Å². The third kappa shape index (κ3) is 3.18. The van der Waals surface area contributed by atoms with Crippen molar-refractivity contribution in [3.63, 3.8) is 0 Å². The Bertz CT molecular complexity index is 837. The second-order valence-corrected chi connectivity index (χ2v) is 7.84. The van der Waals surface area contributed by atoms with Gasteiger partial charge in [0.15, 0.2) is 6.04 Å². The predicted octanol–water partition coefficient (Wildman–Crippen LogP) is 4.94. The number of nitrogens with one attached hydrogen (secondary N) is 1. The van der Waals surface area contributed by atoms with Crippen LogP contribution in [-0.4, -0.2) is 23.6 Å². The SMILES string of the molecule is CC(C)c1cccc2cccc([C@H](N3CC(C)(C)C(=O)N3)C(F)(F)F)c12. The number of carbonyl (C=O) groups excluding carboxylic acids is 1. The summed E-state index contributed by atoms with van der Waals surface area (Å²) in [5, 5.41) is 2.42. The summed E-state index contributed by atoms with van der Waals surface area (Å²) >= 11 is 0. The average molecular weight is 364 g/mol. The molecule has 1 atom stereocenters. The molecular weight excluding hydrogens is 341 g/mol. The highest BCUT2D eigenvalue weighted by atomic mass is 19.4. The number of halogens is 3. The predicted molar refractivity (Wildman–Crippen MR) is 95.5 cm³/mol. The summed E-state index contributed by atoms with van der Waals surface area (Å²) in [5.41, 5.74) is 2.62. The lowest BCUT2D eigenvalue weighted by Crippen LogP contribution is -2.43. The van der Waals surface area contributed by atoms with Crippen molar-refractivity contribution >= 4 is 16.7 Å². The molecule has 1 fully saturated rings. The molecule has 1 amide bonds. The highest BCUT2D eigenvalue weighted by Crippen LogP contribution is 2.44. The topological polar surface area (TPSA) is 32.3 Å². The van der Waals surface area contributed by atoms with Gasteiger partial charge in [0.25, 0.3) is 0 Å². The first kappa shape index (κ1) is 18.7. The zero-order valence-electron chi connectivity index (χ0n) is 15.3. The third-order valence-electron chi connectivity index (χ3n) is 4.93. The van der Waals surface area contributed by atoms with Gasteiger partial charge in [-0.25, -0.2) is 5.01 Å². The van der Waals surface area contributed by atoms with Gasteiger partial charge in [0, 0.05) is 6.54 Å². The van der Waals surface area contributed by atoms with Gasteiger partial charge in [0.2, 0.25) is 5.91 Å². The van der Waals surface area contributed by atoms with Crippen LogP contribution in [-0.2, 0) is 4.79 Å². The van der Waals surface area contributed by atoms with Crippen LogP contribution in [0.15, 0.2) is 36.4 Å². The third-order valence-corrected chi connectivity index (χ3v) is 4.93. The summed E-state index contributed by atoms with van der Waals surface area (Å²) in [6.07, 6.45) is -4.52. The number of carbonyl (C=O) groups is 1. The molecule has 6 heteroatoms. The number of hydrogen-bond donors (Lipinski definition) is 1. The van der Waals surface area contributed by atoms with Gasteiger partial charge in [-0.2, -0.15) is 13.2 Å². The summed E-state index contributed by atoms with van der Waals surface area (Å²) in [5.74, 6) is -0.311. The Morgan fingerprint density at radius 2 is 1.65 bits per heavy atom. The van der Waals surface area contributed by atoms with Crippen molar-refractivity contribution in [2.24, 2.45) is 5.41 Å². The molecule has 1 aliphatic rings. The Kier molecular flexibility index (Phi) is 4.51. The molecule has 1 heterocycles. The fraction of sp³-hybridized carbons (Fsp3) is 0.450. The minimum Gasteiger partial charge on any atom is -0.287 e. The number of nitrogens with zero attached hydrogens (tertiary/aromatic N) is 1. The first-order valence-electron chi connectivity index (χ1n) is 8.68. The van der Waals surface area contributed by atoms with Crippen LogP contribution in [0.3, 0.4) is 0 Å². The average Bonchev–Trinajstić information content (AvgIpc) is 2.78. The van der Waals surface area contributed by atoms with Gasteiger partial charge in [-0.15, -0.1) is 0 Å². The minimum absolute atomic E-state index is 0.00373. The van der Waals surface area contributed by atoms with Crippen molar-refractivity contribution in [2.75, 3.05) is 6.54 Å². The lowest BCUT2D eigenvalue weighted by molar-refractivity contribution is -0.191. The molecule has 2 aromatic carbocycles. The summed E-state index contributed by atoms with van der Waals surface area (Å²) in [4.78, 5) is 12.1. The number of benzene rings is 2. The molecule has 2 aromatic rings. The second-order valence-electron chi connectivity index (χ2n) is 7.84. The van der Waals surface area contributed by atoms with Gasteiger partial charge < -0.3 is 0 Å². The van der Waals surface area contributed by atoms with Crippen molar-refractivity contribution in [1.29, 1.82) is 0 Å². The molecule has 0 unspecified atom stereocenters. The fourth-order valence-corrected chi connectivity index (χ4v) is 3.60. The van der Waals surface area contributed by atoms with E-state index in [2.05, 4.69) is 5.43 Å². The lowest BCUT2D eigenvalue weighted by atomic mass is 9.89. The number of hydrogen-bond acceptors (Lipinski definition) is 2. The van der Waals surface area contributed by atoms with Gasteiger partial charge >= 0.3 is 6.18 Å². The highest BCUT2D eigenvalue weighted by Gasteiger charge is 2.51. The van der Waals surface area contributed by atoms with Gasteiger partial charge in [-0.3, -0.25) is 10.2 Å². The quantitative estimate of drug-likeness (QED) is 0.837. The smallest absolute Gasteiger partial charge is 0.287 e. The maximum Gasteiger partial charge on any atom is 0.409 e. The van der Waals surface area contributed by atoms with Crippen LogP contribution < -0.4 is 5.43 Å². The molecule has 1 N–H and O–H groups in total. The first-order chi connectivity index (χ1) is 12.0. The number of alkyl halides is 3. The molecule has 3 rings (SSSR count). The molecule has 0 saturated carbocycles. The summed E-state index contributed by atoms with van der Waals surface area (Å²) in [7, 11) is 0. The summed E-state index contributed by atoms with van der Waals surface area (Å²) in [6.45, 7) is 7.23. The van der Waals surface area contributed by atoms with Crippen molar-refractivity contribution < 1.29 is 18.0 Å². The molecule has 0 aliphatic carbocycles. The normalized spacial score (nSPS) is 19.2. The van der Waals surface area contributed by atoms with E-state index in [0.29, 0.717) is 5.39 Å². The van der Waals surface area contributed by atoms with Gasteiger partial charge in [-0.1, -0.05) is 50.2 Å². The van der Waals surface area contributed by atoms with Crippen LogP contribution in [0.1, 0.15) is 50.8 Å². The summed E-state index contributed by atoms with van der Waals surface area (Å²) in [6, 6.07) is 8.65. The van der Waals surface area contributed by atoms with Crippen LogP contribution in [0.4, 0.5) is 13.2 Å². The minimum atomic E-state index is -4.52. The van der Waals surface area contributed by atoms with E-state index in [1.54, 1.807) is 19.9 Å². The highest BCUT2D eigenvalue weighted by molar-refractivity contribution is 5.90. The first-order valence-corrected chi connectivity index (χ1v) is 8.68. The molecule has 0 aromatic heterocycles. The van der Waals surface area contributed by atoms with E-state index in [0.717, 1.165) is 16.0 Å². The van der Waals surface area contributed by atoms with Crippen molar-refractivity contribution in [2.45, 2.75) is 45.8 Å². The maximum absolute atomic E-state index is 14.1. The van der Waals surface area contributed by atoms with E-state index in [1.807, 2.05) is 38.1 Å². The molecule has 1 aliphatic heterocycles. The van der Waals surface area contributed by atoms with Crippen LogP contribution in [0.2, 0.25) is 0 Å². The van der Waals surface area contributed by atoms with E-state index in [4.69, 9.17) is 0 Å². The fourth-order valence-electron chi connectivity index (χ4n) is 3.60. The molecule has 26 heavy (non-hydrogen) atoms. The van der Waals surface area contributed by atoms with Crippen LogP contribution >= 0.6 is 0 Å². The van der Waals surface area contributed by atoms with Crippen molar-refractivity contribution in [3.8, 4) is 0 Å². The molecule has 3 nitrogen and oxygen atoms in total. The largest absolute Gasteiger partial charge is 0.409 e. The molecule has 0 radical (unpaired) electrons. The van der Waals surface area contributed by atoms with Gasteiger partial charge in [0.05, 0.1) is 5.41 Å². The van der Waals surface area contributed by atoms with Gasteiger partial charge in [-0.05, 0) is 41.7 Å². The van der Waals surface area contributed by atoms with E-state index in [9.17, 15) is 18.0 Å². The number of hydrazine groups is 1. The van der Waals surface area contributed by atoms with Crippen LogP contribution in [0.25, 0.3) is 10.8 Å². The van der Waals surface area contributed by atoms with Crippen LogP contribution in [0, 0.1) is 5.41 Å². The Labute approximate surface area is 151 Å². The monoisotopic (exact) mass is 364 g/mol. The second kappa shape index (κ2) is 6.27. The molecule has 0 spiro atoms. The van der Waals surface area contributed by atoms with E-state index >= 15 is 0 Å². The number of fused-ring (bicyclic) bond motifs is 1. The maximum atomic E-state index is 14.1.